The van der Waals surface area contributed by atoms with E-state index in [-0.39, 0.29) is 12.5 Å². The average Bonchev–Trinajstić information content (AvgIpc) is 2.28. The van der Waals surface area contributed by atoms with E-state index in [1.54, 1.807) is 18.2 Å². The van der Waals surface area contributed by atoms with Gasteiger partial charge in [0.1, 0.15) is 0 Å². The van der Waals surface area contributed by atoms with Crippen LogP contribution in [0.15, 0.2) is 18.2 Å². The molecule has 0 atom stereocenters. The van der Waals surface area contributed by atoms with Crippen LogP contribution < -0.4 is 10.2 Å². The molecule has 84 valence electrons. The van der Waals surface area contributed by atoms with Crippen molar-refractivity contribution in [3.05, 3.63) is 28.8 Å². The van der Waals surface area contributed by atoms with Gasteiger partial charge < -0.3 is 10.2 Å². The van der Waals surface area contributed by atoms with Crippen molar-refractivity contribution in [3.8, 4) is 0 Å². The minimum atomic E-state index is -0.0528. The van der Waals surface area contributed by atoms with Gasteiger partial charge in [-0.3, -0.25) is 9.59 Å². The van der Waals surface area contributed by atoms with Crippen LogP contribution in [-0.4, -0.2) is 31.8 Å². The number of benzene rings is 1. The second kappa shape index (κ2) is 4.53. The Morgan fingerprint density at radius 3 is 2.94 bits per heavy atom. The lowest BCUT2D eigenvalue weighted by Crippen LogP contribution is -2.48. The number of para-hydroxylation sites is 1. The number of carbonyl (C=O) groups excluding carboxylic acids is 2. The molecule has 2 rings (SSSR count). The minimum absolute atomic E-state index is 0.0528. The van der Waals surface area contributed by atoms with E-state index in [1.807, 2.05) is 4.90 Å². The Labute approximate surface area is 98.2 Å². The minimum Gasteiger partial charge on any atom is -0.359 e. The summed E-state index contributed by atoms with van der Waals surface area (Å²) in [5.41, 5.74) is 1.16. The summed E-state index contributed by atoms with van der Waals surface area (Å²) in [5.74, 6) is -0.0528. The first-order valence-corrected chi connectivity index (χ1v) is 5.35. The zero-order valence-electron chi connectivity index (χ0n) is 8.57. The Bertz CT molecular complexity index is 434. The highest BCUT2D eigenvalue weighted by atomic mass is 35.5. The van der Waals surface area contributed by atoms with Crippen molar-refractivity contribution in [2.75, 3.05) is 24.5 Å². The zero-order valence-corrected chi connectivity index (χ0v) is 9.33. The molecule has 5 heteroatoms. The van der Waals surface area contributed by atoms with Gasteiger partial charge in [-0.15, -0.1) is 0 Å². The lowest BCUT2D eigenvalue weighted by atomic mass is 10.1. The molecule has 1 heterocycles. The molecular weight excluding hydrogens is 228 g/mol. The van der Waals surface area contributed by atoms with Crippen molar-refractivity contribution in [1.29, 1.82) is 0 Å². The predicted molar refractivity (Wildman–Crippen MR) is 62.1 cm³/mol. The molecule has 0 aromatic heterocycles. The van der Waals surface area contributed by atoms with Gasteiger partial charge >= 0.3 is 0 Å². The third-order valence-corrected chi connectivity index (χ3v) is 2.80. The van der Waals surface area contributed by atoms with Gasteiger partial charge in [-0.25, -0.2) is 0 Å². The molecule has 1 aromatic rings. The van der Waals surface area contributed by atoms with E-state index in [2.05, 4.69) is 5.32 Å². The van der Waals surface area contributed by atoms with Crippen LogP contribution in [0, 0.1) is 0 Å². The van der Waals surface area contributed by atoms with Gasteiger partial charge in [0.15, 0.2) is 6.29 Å². The fourth-order valence-electron chi connectivity index (χ4n) is 1.79. The summed E-state index contributed by atoms with van der Waals surface area (Å²) in [7, 11) is 0. The molecule has 1 aromatic carbocycles. The monoisotopic (exact) mass is 238 g/mol. The van der Waals surface area contributed by atoms with E-state index < -0.39 is 0 Å². The third kappa shape index (κ3) is 2.02. The molecule has 0 bridgehead atoms. The number of carbonyl (C=O) groups is 2. The number of amides is 1. The Hall–Kier alpha value is -1.55. The molecule has 0 spiro atoms. The molecule has 0 unspecified atom stereocenters. The van der Waals surface area contributed by atoms with Gasteiger partial charge in [-0.2, -0.15) is 0 Å². The second-order valence-electron chi connectivity index (χ2n) is 3.57. The molecule has 0 radical (unpaired) electrons. The van der Waals surface area contributed by atoms with Gasteiger partial charge in [0.25, 0.3) is 0 Å². The molecule has 1 amide bonds. The summed E-state index contributed by atoms with van der Waals surface area (Å²) in [6.07, 6.45) is 0.758. The summed E-state index contributed by atoms with van der Waals surface area (Å²) in [4.78, 5) is 24.0. The quantitative estimate of drug-likeness (QED) is 0.785. The Kier molecular flexibility index (Phi) is 3.10. The van der Waals surface area contributed by atoms with Crippen molar-refractivity contribution in [3.63, 3.8) is 0 Å². The highest BCUT2D eigenvalue weighted by Crippen LogP contribution is 2.29. The molecule has 16 heavy (non-hydrogen) atoms. The fourth-order valence-corrected chi connectivity index (χ4v) is 2.09. The highest BCUT2D eigenvalue weighted by Gasteiger charge is 2.20. The van der Waals surface area contributed by atoms with Gasteiger partial charge in [-0.1, -0.05) is 17.7 Å². The second-order valence-corrected chi connectivity index (χ2v) is 3.97. The topological polar surface area (TPSA) is 49.4 Å². The van der Waals surface area contributed by atoms with Gasteiger partial charge in [-0.05, 0) is 12.1 Å². The molecular formula is C11H11ClN2O2. The number of aldehydes is 1. The van der Waals surface area contributed by atoms with Crippen molar-refractivity contribution < 1.29 is 9.59 Å². The van der Waals surface area contributed by atoms with E-state index in [1.165, 1.54) is 0 Å². The van der Waals surface area contributed by atoms with E-state index >= 15 is 0 Å². The maximum atomic E-state index is 11.3. The number of hydrogen-bond acceptors (Lipinski definition) is 3. The van der Waals surface area contributed by atoms with Crippen LogP contribution in [0.1, 0.15) is 10.4 Å². The van der Waals surface area contributed by atoms with Gasteiger partial charge in [0.05, 0.1) is 17.3 Å². The summed E-state index contributed by atoms with van der Waals surface area (Å²) in [6, 6.07) is 5.14. The standard InChI is InChI=1S/C11H11ClN2O2/c12-9-3-1-2-8(7-15)11(9)14-5-4-13-10(16)6-14/h1-3,7H,4-6H2,(H,13,16). The summed E-state index contributed by atoms with van der Waals surface area (Å²) in [5, 5.41) is 3.23. The number of anilines is 1. The first-order chi connectivity index (χ1) is 7.72. The van der Waals surface area contributed by atoms with Gasteiger partial charge in [0, 0.05) is 18.7 Å². The van der Waals surface area contributed by atoms with Gasteiger partial charge in [0.2, 0.25) is 5.91 Å². The van der Waals surface area contributed by atoms with E-state index in [9.17, 15) is 9.59 Å². The number of nitrogens with one attached hydrogen (secondary N) is 1. The molecule has 1 aliphatic rings. The number of nitrogens with zero attached hydrogens (tertiary/aromatic N) is 1. The summed E-state index contributed by atoms with van der Waals surface area (Å²) in [6.45, 7) is 1.48. The molecule has 1 saturated heterocycles. The first kappa shape index (κ1) is 11.0. The Morgan fingerprint density at radius 1 is 1.44 bits per heavy atom. The zero-order chi connectivity index (χ0) is 11.5. The maximum absolute atomic E-state index is 11.3. The molecule has 0 saturated carbocycles. The van der Waals surface area contributed by atoms with Crippen LogP contribution in [0.4, 0.5) is 5.69 Å². The summed E-state index contributed by atoms with van der Waals surface area (Å²) >= 11 is 6.06. The largest absolute Gasteiger partial charge is 0.359 e. The first-order valence-electron chi connectivity index (χ1n) is 4.97. The number of rotatable bonds is 2. The highest BCUT2D eigenvalue weighted by molar-refractivity contribution is 6.34. The van der Waals surface area contributed by atoms with Crippen LogP contribution in [0.3, 0.4) is 0 Å². The predicted octanol–water partition coefficient (Wildman–Crippen LogP) is 1.09. The molecule has 1 aliphatic heterocycles. The smallest absolute Gasteiger partial charge is 0.239 e. The van der Waals surface area contributed by atoms with E-state index in [0.29, 0.717) is 29.4 Å². The van der Waals surface area contributed by atoms with Crippen LogP contribution >= 0.6 is 11.6 Å². The van der Waals surface area contributed by atoms with Crippen molar-refractivity contribution in [2.45, 2.75) is 0 Å². The van der Waals surface area contributed by atoms with E-state index in [4.69, 9.17) is 11.6 Å². The number of halogens is 1. The van der Waals surface area contributed by atoms with Crippen molar-refractivity contribution in [2.24, 2.45) is 0 Å². The Balaban J connectivity index is 2.38. The SMILES string of the molecule is O=Cc1cccc(Cl)c1N1CCNC(=O)C1. The van der Waals surface area contributed by atoms with Crippen molar-refractivity contribution in [1.82, 2.24) is 5.32 Å². The molecule has 0 aliphatic carbocycles. The Morgan fingerprint density at radius 2 is 2.25 bits per heavy atom. The van der Waals surface area contributed by atoms with Crippen LogP contribution in [0.25, 0.3) is 0 Å². The fraction of sp³-hybridized carbons (Fsp3) is 0.273. The van der Waals surface area contributed by atoms with Crippen LogP contribution in [0.5, 0.6) is 0 Å². The maximum Gasteiger partial charge on any atom is 0.239 e. The van der Waals surface area contributed by atoms with Crippen LogP contribution in [0.2, 0.25) is 5.02 Å². The molecule has 4 nitrogen and oxygen atoms in total. The number of piperazine rings is 1. The molecule has 1 fully saturated rings. The van der Waals surface area contributed by atoms with Crippen molar-refractivity contribution >= 4 is 29.5 Å². The summed E-state index contributed by atoms with van der Waals surface area (Å²) < 4.78 is 0. The number of hydrogen-bond donors (Lipinski definition) is 1. The average molecular weight is 239 g/mol. The normalized spacial score (nSPS) is 15.8. The lowest BCUT2D eigenvalue weighted by molar-refractivity contribution is -0.120. The molecule has 1 N–H and O–H groups in total. The van der Waals surface area contributed by atoms with Crippen LogP contribution in [-0.2, 0) is 4.79 Å². The van der Waals surface area contributed by atoms with E-state index in [0.717, 1.165) is 6.29 Å². The third-order valence-electron chi connectivity index (χ3n) is 2.50. The lowest BCUT2D eigenvalue weighted by Gasteiger charge is -2.30.